The van der Waals surface area contributed by atoms with Gasteiger partial charge in [0.15, 0.2) is 0 Å². The Morgan fingerprint density at radius 1 is 0.952 bits per heavy atom. The van der Waals surface area contributed by atoms with Crippen LogP contribution in [0.4, 0.5) is 10.1 Å². The van der Waals surface area contributed by atoms with Gasteiger partial charge >= 0.3 is 0 Å². The number of hydrogen-bond acceptors (Lipinski definition) is 2. The minimum atomic E-state index is -0.210. The van der Waals surface area contributed by atoms with Gasteiger partial charge in [-0.15, -0.1) is 0 Å². The number of rotatable bonds is 4. The van der Waals surface area contributed by atoms with Crippen molar-refractivity contribution in [1.29, 1.82) is 0 Å². The Balaban J connectivity index is 1.67. The molecular formula is C18H16FNO. The van der Waals surface area contributed by atoms with Crippen molar-refractivity contribution in [3.05, 3.63) is 78.0 Å². The van der Waals surface area contributed by atoms with E-state index < -0.39 is 0 Å². The minimum Gasteiger partial charge on any atom is -0.469 e. The van der Waals surface area contributed by atoms with E-state index in [9.17, 15) is 4.39 Å². The summed E-state index contributed by atoms with van der Waals surface area (Å²) in [6.45, 7) is 2.63. The first kappa shape index (κ1) is 13.4. The van der Waals surface area contributed by atoms with Gasteiger partial charge in [-0.05, 0) is 48.4 Å². The third kappa shape index (κ3) is 3.14. The van der Waals surface area contributed by atoms with E-state index in [1.54, 1.807) is 18.4 Å². The van der Waals surface area contributed by atoms with Gasteiger partial charge in [0.2, 0.25) is 0 Å². The molecular weight excluding hydrogens is 265 g/mol. The number of anilines is 1. The van der Waals surface area contributed by atoms with Crippen LogP contribution in [0, 0.1) is 12.7 Å². The highest BCUT2D eigenvalue weighted by Gasteiger charge is 2.04. The predicted octanol–water partition coefficient (Wildman–Crippen LogP) is 5.01. The zero-order valence-electron chi connectivity index (χ0n) is 11.8. The van der Waals surface area contributed by atoms with Gasteiger partial charge in [-0.3, -0.25) is 0 Å². The molecule has 0 saturated carbocycles. The van der Waals surface area contributed by atoms with E-state index in [4.69, 9.17) is 4.42 Å². The van der Waals surface area contributed by atoms with Gasteiger partial charge < -0.3 is 9.73 Å². The summed E-state index contributed by atoms with van der Waals surface area (Å²) < 4.78 is 18.2. The molecule has 3 aromatic rings. The molecule has 1 heterocycles. The molecule has 0 bridgehead atoms. The maximum absolute atomic E-state index is 12.8. The summed E-state index contributed by atoms with van der Waals surface area (Å²) >= 11 is 0. The Labute approximate surface area is 123 Å². The van der Waals surface area contributed by atoms with Crippen molar-refractivity contribution in [2.24, 2.45) is 0 Å². The van der Waals surface area contributed by atoms with Crippen molar-refractivity contribution in [3.8, 4) is 11.1 Å². The summed E-state index contributed by atoms with van der Waals surface area (Å²) in [5, 5.41) is 3.32. The number of benzene rings is 2. The SMILES string of the molecule is Cc1occc1-c1ccc(NCc2ccc(F)cc2)cc1. The number of furan rings is 1. The van der Waals surface area contributed by atoms with Crippen LogP contribution in [0.5, 0.6) is 0 Å². The molecule has 0 unspecified atom stereocenters. The lowest BCUT2D eigenvalue weighted by molar-refractivity contribution is 0.535. The van der Waals surface area contributed by atoms with Gasteiger partial charge in [-0.2, -0.15) is 0 Å². The van der Waals surface area contributed by atoms with E-state index in [-0.39, 0.29) is 5.82 Å². The molecule has 2 aromatic carbocycles. The van der Waals surface area contributed by atoms with Crippen molar-refractivity contribution >= 4 is 5.69 Å². The van der Waals surface area contributed by atoms with Gasteiger partial charge in [-0.1, -0.05) is 24.3 Å². The molecule has 0 amide bonds. The van der Waals surface area contributed by atoms with Crippen LogP contribution in [0.15, 0.2) is 65.3 Å². The normalized spacial score (nSPS) is 10.6. The van der Waals surface area contributed by atoms with Crippen LogP contribution in [0.1, 0.15) is 11.3 Å². The zero-order valence-corrected chi connectivity index (χ0v) is 11.8. The molecule has 3 heteroatoms. The van der Waals surface area contributed by atoms with Crippen LogP contribution in [0.2, 0.25) is 0 Å². The van der Waals surface area contributed by atoms with Crippen LogP contribution in [0.25, 0.3) is 11.1 Å². The first-order valence-electron chi connectivity index (χ1n) is 6.85. The lowest BCUT2D eigenvalue weighted by Gasteiger charge is -2.07. The first-order valence-corrected chi connectivity index (χ1v) is 6.85. The molecule has 0 fully saturated rings. The molecule has 1 aromatic heterocycles. The molecule has 21 heavy (non-hydrogen) atoms. The number of halogens is 1. The number of hydrogen-bond donors (Lipinski definition) is 1. The van der Waals surface area contributed by atoms with Crippen LogP contribution in [-0.4, -0.2) is 0 Å². The monoisotopic (exact) mass is 281 g/mol. The summed E-state index contributed by atoms with van der Waals surface area (Å²) in [5.74, 6) is 0.709. The molecule has 0 aliphatic rings. The second-order valence-electron chi connectivity index (χ2n) is 4.95. The number of nitrogens with one attached hydrogen (secondary N) is 1. The Kier molecular flexibility index (Phi) is 3.73. The van der Waals surface area contributed by atoms with E-state index in [0.717, 1.165) is 28.1 Å². The fourth-order valence-electron chi connectivity index (χ4n) is 2.26. The lowest BCUT2D eigenvalue weighted by Crippen LogP contribution is -1.99. The van der Waals surface area contributed by atoms with Crippen molar-refractivity contribution in [2.75, 3.05) is 5.32 Å². The first-order chi connectivity index (χ1) is 10.2. The molecule has 0 radical (unpaired) electrons. The Morgan fingerprint density at radius 3 is 2.29 bits per heavy atom. The van der Waals surface area contributed by atoms with Crippen LogP contribution >= 0.6 is 0 Å². The van der Waals surface area contributed by atoms with Gasteiger partial charge in [0, 0.05) is 17.8 Å². The molecule has 2 nitrogen and oxygen atoms in total. The van der Waals surface area contributed by atoms with Crippen LogP contribution < -0.4 is 5.32 Å². The van der Waals surface area contributed by atoms with Gasteiger partial charge in [-0.25, -0.2) is 4.39 Å². The van der Waals surface area contributed by atoms with Gasteiger partial charge in [0.25, 0.3) is 0 Å². The van der Waals surface area contributed by atoms with Crippen LogP contribution in [-0.2, 0) is 6.54 Å². The van der Waals surface area contributed by atoms with Crippen molar-refractivity contribution < 1.29 is 8.81 Å². The van der Waals surface area contributed by atoms with Crippen molar-refractivity contribution in [2.45, 2.75) is 13.5 Å². The molecule has 0 spiro atoms. The second kappa shape index (κ2) is 5.83. The quantitative estimate of drug-likeness (QED) is 0.727. The molecule has 3 rings (SSSR count). The summed E-state index contributed by atoms with van der Waals surface area (Å²) in [6, 6.07) is 16.7. The topological polar surface area (TPSA) is 25.2 Å². The summed E-state index contributed by atoms with van der Waals surface area (Å²) in [5.41, 5.74) is 4.32. The average molecular weight is 281 g/mol. The fraction of sp³-hybridized carbons (Fsp3) is 0.111. The predicted molar refractivity (Wildman–Crippen MR) is 82.6 cm³/mol. The van der Waals surface area contributed by atoms with E-state index >= 15 is 0 Å². The molecule has 0 atom stereocenters. The Morgan fingerprint density at radius 2 is 1.67 bits per heavy atom. The highest BCUT2D eigenvalue weighted by molar-refractivity contribution is 5.67. The highest BCUT2D eigenvalue weighted by Crippen LogP contribution is 2.25. The second-order valence-corrected chi connectivity index (χ2v) is 4.95. The van der Waals surface area contributed by atoms with E-state index in [0.29, 0.717) is 6.54 Å². The third-order valence-corrected chi connectivity index (χ3v) is 3.46. The molecule has 106 valence electrons. The van der Waals surface area contributed by atoms with E-state index in [1.807, 2.05) is 25.1 Å². The molecule has 1 N–H and O–H groups in total. The zero-order chi connectivity index (χ0) is 14.7. The van der Waals surface area contributed by atoms with E-state index in [2.05, 4.69) is 17.4 Å². The maximum Gasteiger partial charge on any atom is 0.123 e. The van der Waals surface area contributed by atoms with E-state index in [1.165, 1.54) is 12.1 Å². The smallest absolute Gasteiger partial charge is 0.123 e. The molecule has 0 aliphatic heterocycles. The summed E-state index contributed by atoms with van der Waals surface area (Å²) in [7, 11) is 0. The molecule has 0 saturated heterocycles. The highest BCUT2D eigenvalue weighted by atomic mass is 19.1. The number of aryl methyl sites for hydroxylation is 1. The fourth-order valence-corrected chi connectivity index (χ4v) is 2.26. The average Bonchev–Trinajstić information content (AvgIpc) is 2.93. The largest absolute Gasteiger partial charge is 0.469 e. The van der Waals surface area contributed by atoms with Crippen molar-refractivity contribution in [3.63, 3.8) is 0 Å². The van der Waals surface area contributed by atoms with Crippen LogP contribution in [0.3, 0.4) is 0 Å². The minimum absolute atomic E-state index is 0.210. The Bertz CT molecular complexity index is 714. The van der Waals surface area contributed by atoms with Gasteiger partial charge in [0.05, 0.1) is 6.26 Å². The molecule has 0 aliphatic carbocycles. The summed E-state index contributed by atoms with van der Waals surface area (Å²) in [6.07, 6.45) is 1.70. The standard InChI is InChI=1S/C18H16FNO/c1-13-18(10-11-21-13)15-4-8-17(9-5-15)20-12-14-2-6-16(19)7-3-14/h2-11,20H,12H2,1H3. The third-order valence-electron chi connectivity index (χ3n) is 3.46. The lowest BCUT2D eigenvalue weighted by atomic mass is 10.1. The van der Waals surface area contributed by atoms with Gasteiger partial charge in [0.1, 0.15) is 11.6 Å². The Hall–Kier alpha value is -2.55. The maximum atomic E-state index is 12.8. The van der Waals surface area contributed by atoms with Crippen molar-refractivity contribution in [1.82, 2.24) is 0 Å². The summed E-state index contributed by atoms with van der Waals surface area (Å²) in [4.78, 5) is 0.